The summed E-state index contributed by atoms with van der Waals surface area (Å²) in [5, 5.41) is 0.376. The quantitative estimate of drug-likeness (QED) is 0.820. The molecule has 0 bridgehead atoms. The molecule has 5 nitrogen and oxygen atoms in total. The third-order valence-corrected chi connectivity index (χ3v) is 6.10. The topological polar surface area (TPSA) is 49.3 Å². The highest BCUT2D eigenvalue weighted by Crippen LogP contribution is 2.36. The molecular weight excluding hydrogens is 324 g/mol. The Kier molecular flexibility index (Phi) is 4.61. The Hall–Kier alpha value is -1.36. The monoisotopic (exact) mass is 348 g/mol. The number of amides is 1. The van der Waals surface area contributed by atoms with Crippen LogP contribution in [0, 0.1) is 5.92 Å². The maximum atomic E-state index is 13.2. The lowest BCUT2D eigenvalue weighted by molar-refractivity contribution is 0.0385. The normalized spacial score (nSPS) is 27.2. The minimum absolute atomic E-state index is 0.000512. The molecule has 1 aliphatic carbocycles. The third-order valence-electron chi connectivity index (χ3n) is 5.83. The molecule has 1 saturated carbocycles. The van der Waals surface area contributed by atoms with Crippen LogP contribution in [0.25, 0.3) is 0 Å². The fourth-order valence-corrected chi connectivity index (χ4v) is 4.76. The number of carbonyl (C=O) groups excluding carboxylic acids is 1. The molecule has 24 heavy (non-hydrogen) atoms. The molecule has 2 saturated heterocycles. The molecule has 2 aliphatic heterocycles. The van der Waals surface area contributed by atoms with E-state index in [0.29, 0.717) is 28.6 Å². The predicted molar refractivity (Wildman–Crippen MR) is 94.5 cm³/mol. The molecule has 3 aliphatic rings. The van der Waals surface area contributed by atoms with Crippen molar-refractivity contribution in [3.8, 4) is 0 Å². The van der Waals surface area contributed by atoms with Crippen molar-refractivity contribution in [1.29, 1.82) is 0 Å². The summed E-state index contributed by atoms with van der Waals surface area (Å²) in [6.45, 7) is 2.76. The van der Waals surface area contributed by atoms with Gasteiger partial charge in [0.25, 0.3) is 5.91 Å². The average Bonchev–Trinajstić information content (AvgIpc) is 3.16. The van der Waals surface area contributed by atoms with Crippen LogP contribution in [-0.2, 0) is 0 Å². The van der Waals surface area contributed by atoms with E-state index < -0.39 is 0 Å². The zero-order valence-corrected chi connectivity index (χ0v) is 14.8. The van der Waals surface area contributed by atoms with Crippen LogP contribution in [0.4, 0.5) is 5.95 Å². The number of piperidine rings is 1. The Labute approximate surface area is 148 Å². The van der Waals surface area contributed by atoms with Crippen LogP contribution in [0.2, 0.25) is 5.02 Å². The Bertz CT molecular complexity index is 615. The van der Waals surface area contributed by atoms with Gasteiger partial charge < -0.3 is 9.80 Å². The van der Waals surface area contributed by atoms with Crippen molar-refractivity contribution < 1.29 is 4.79 Å². The number of halogens is 1. The Morgan fingerprint density at radius 2 is 1.79 bits per heavy atom. The van der Waals surface area contributed by atoms with Crippen LogP contribution in [0.5, 0.6) is 0 Å². The number of carbonyl (C=O) groups is 1. The van der Waals surface area contributed by atoms with Gasteiger partial charge in [-0.1, -0.05) is 24.4 Å². The Balaban J connectivity index is 1.59. The molecule has 1 aromatic rings. The van der Waals surface area contributed by atoms with E-state index in [1.165, 1.54) is 25.7 Å². The molecular formula is C18H25ClN4O. The molecule has 4 rings (SSSR count). The molecule has 130 valence electrons. The van der Waals surface area contributed by atoms with Crippen molar-refractivity contribution in [3.05, 3.63) is 16.9 Å². The number of hydrogen-bond donors (Lipinski definition) is 0. The number of hydrogen-bond acceptors (Lipinski definition) is 4. The van der Waals surface area contributed by atoms with Gasteiger partial charge in [-0.25, -0.2) is 9.97 Å². The lowest BCUT2D eigenvalue weighted by Gasteiger charge is -2.44. The highest BCUT2D eigenvalue weighted by molar-refractivity contribution is 6.33. The summed E-state index contributed by atoms with van der Waals surface area (Å²) in [6, 6.07) is 0.376. The van der Waals surface area contributed by atoms with Crippen LogP contribution < -0.4 is 4.90 Å². The highest BCUT2D eigenvalue weighted by atomic mass is 35.5. The first-order valence-corrected chi connectivity index (χ1v) is 9.70. The van der Waals surface area contributed by atoms with E-state index in [2.05, 4.69) is 19.8 Å². The molecule has 0 N–H and O–H groups in total. The first-order valence-electron chi connectivity index (χ1n) is 9.32. The molecule has 6 heteroatoms. The largest absolute Gasteiger partial charge is 0.341 e. The van der Waals surface area contributed by atoms with Crippen molar-refractivity contribution in [2.24, 2.45) is 5.92 Å². The summed E-state index contributed by atoms with van der Waals surface area (Å²) in [4.78, 5) is 26.3. The highest BCUT2D eigenvalue weighted by Gasteiger charge is 2.37. The standard InChI is InChI=1S/C18H25ClN4O/c19-14-12-20-18(22-9-3-4-10-22)21-16(14)17(24)23-11-5-7-13-6-1-2-8-15(13)23/h12-13,15H,1-11H2/t13-,15-/m1/s1. The summed E-state index contributed by atoms with van der Waals surface area (Å²) in [7, 11) is 0. The van der Waals surface area contributed by atoms with Gasteiger partial charge in [-0.3, -0.25) is 4.79 Å². The van der Waals surface area contributed by atoms with E-state index in [9.17, 15) is 4.79 Å². The van der Waals surface area contributed by atoms with E-state index in [4.69, 9.17) is 11.6 Å². The van der Waals surface area contributed by atoms with E-state index in [1.54, 1.807) is 6.20 Å². The predicted octanol–water partition coefficient (Wildman–Crippen LogP) is 3.53. The van der Waals surface area contributed by atoms with Gasteiger partial charge >= 0.3 is 0 Å². The van der Waals surface area contributed by atoms with Gasteiger partial charge in [0.2, 0.25) is 5.95 Å². The van der Waals surface area contributed by atoms with Crippen molar-refractivity contribution in [2.75, 3.05) is 24.5 Å². The SMILES string of the molecule is O=C(c1nc(N2CCCC2)ncc1Cl)N1CCC[C@H]2CCCC[C@H]21. The van der Waals surface area contributed by atoms with Gasteiger partial charge in [0, 0.05) is 25.7 Å². The summed E-state index contributed by atoms with van der Waals surface area (Å²) < 4.78 is 0. The van der Waals surface area contributed by atoms with Crippen molar-refractivity contribution in [1.82, 2.24) is 14.9 Å². The third kappa shape index (κ3) is 2.99. The van der Waals surface area contributed by atoms with Crippen molar-refractivity contribution in [2.45, 2.75) is 57.4 Å². The molecule has 0 unspecified atom stereocenters. The van der Waals surface area contributed by atoms with Crippen LogP contribution in [-0.4, -0.2) is 46.5 Å². The number of rotatable bonds is 2. The van der Waals surface area contributed by atoms with Crippen LogP contribution in [0.15, 0.2) is 6.20 Å². The number of nitrogens with zero attached hydrogens (tertiary/aromatic N) is 4. The Morgan fingerprint density at radius 3 is 2.62 bits per heavy atom. The summed E-state index contributed by atoms with van der Waals surface area (Å²) in [5.74, 6) is 1.31. The summed E-state index contributed by atoms with van der Waals surface area (Å²) in [5.41, 5.74) is 0.389. The molecule has 0 spiro atoms. The van der Waals surface area contributed by atoms with Gasteiger partial charge in [-0.2, -0.15) is 0 Å². The van der Waals surface area contributed by atoms with E-state index >= 15 is 0 Å². The lowest BCUT2D eigenvalue weighted by atomic mass is 9.78. The average molecular weight is 349 g/mol. The fraction of sp³-hybridized carbons (Fsp3) is 0.722. The molecule has 1 amide bonds. The summed E-state index contributed by atoms with van der Waals surface area (Å²) >= 11 is 6.30. The van der Waals surface area contributed by atoms with Crippen LogP contribution >= 0.6 is 11.6 Å². The molecule has 2 atom stereocenters. The van der Waals surface area contributed by atoms with Gasteiger partial charge in [-0.05, 0) is 44.4 Å². The maximum Gasteiger partial charge on any atom is 0.274 e. The van der Waals surface area contributed by atoms with E-state index in [1.807, 2.05) is 0 Å². The molecule has 3 heterocycles. The van der Waals surface area contributed by atoms with Crippen molar-refractivity contribution in [3.63, 3.8) is 0 Å². The molecule has 0 aromatic carbocycles. The second kappa shape index (κ2) is 6.87. The summed E-state index contributed by atoms with van der Waals surface area (Å²) in [6.07, 6.45) is 11.2. The smallest absolute Gasteiger partial charge is 0.274 e. The second-order valence-corrected chi connectivity index (χ2v) is 7.72. The van der Waals surface area contributed by atoms with Crippen molar-refractivity contribution >= 4 is 23.5 Å². The number of anilines is 1. The van der Waals surface area contributed by atoms with Crippen LogP contribution in [0.3, 0.4) is 0 Å². The first-order chi connectivity index (χ1) is 11.7. The zero-order chi connectivity index (χ0) is 16.5. The molecule has 0 radical (unpaired) electrons. The zero-order valence-electron chi connectivity index (χ0n) is 14.1. The lowest BCUT2D eigenvalue weighted by Crippen LogP contribution is -2.50. The number of likely N-dealkylation sites (tertiary alicyclic amines) is 1. The van der Waals surface area contributed by atoms with Gasteiger partial charge in [-0.15, -0.1) is 0 Å². The van der Waals surface area contributed by atoms with Gasteiger partial charge in [0.05, 0.1) is 11.2 Å². The fourth-order valence-electron chi connectivity index (χ4n) is 4.59. The number of aromatic nitrogens is 2. The van der Waals surface area contributed by atoms with E-state index in [-0.39, 0.29) is 5.91 Å². The van der Waals surface area contributed by atoms with E-state index in [0.717, 1.165) is 45.3 Å². The van der Waals surface area contributed by atoms with Gasteiger partial charge in [0.15, 0.2) is 5.69 Å². The van der Waals surface area contributed by atoms with Gasteiger partial charge in [0.1, 0.15) is 0 Å². The molecule has 3 fully saturated rings. The Morgan fingerprint density at radius 1 is 1.04 bits per heavy atom. The first kappa shape index (κ1) is 16.1. The molecule has 1 aromatic heterocycles. The second-order valence-electron chi connectivity index (χ2n) is 7.31. The number of fused-ring (bicyclic) bond motifs is 1. The maximum absolute atomic E-state index is 13.2. The minimum atomic E-state index is -0.000512. The van der Waals surface area contributed by atoms with Crippen LogP contribution in [0.1, 0.15) is 61.9 Å². The minimum Gasteiger partial charge on any atom is -0.341 e.